The van der Waals surface area contributed by atoms with Crippen molar-refractivity contribution in [2.75, 3.05) is 20.6 Å². The van der Waals surface area contributed by atoms with Crippen molar-refractivity contribution >= 4 is 10.0 Å². The minimum Gasteiger partial charge on any atom is -0.316 e. The van der Waals surface area contributed by atoms with Crippen LogP contribution in [0, 0.1) is 0 Å². The van der Waals surface area contributed by atoms with Gasteiger partial charge in [0.25, 0.3) is 0 Å². The van der Waals surface area contributed by atoms with Gasteiger partial charge in [0.15, 0.2) is 0 Å². The van der Waals surface area contributed by atoms with Gasteiger partial charge in [-0.25, -0.2) is 13.1 Å². The van der Waals surface area contributed by atoms with Gasteiger partial charge in [0, 0.05) is 25.2 Å². The molecular formula is C15H25N3O2S. The first-order chi connectivity index (χ1) is 9.95. The van der Waals surface area contributed by atoms with E-state index < -0.39 is 10.0 Å². The van der Waals surface area contributed by atoms with Crippen LogP contribution in [0.15, 0.2) is 29.2 Å². The molecule has 1 aliphatic rings. The van der Waals surface area contributed by atoms with Crippen LogP contribution in [0.3, 0.4) is 0 Å². The van der Waals surface area contributed by atoms with Crippen molar-refractivity contribution in [3.8, 4) is 0 Å². The van der Waals surface area contributed by atoms with Gasteiger partial charge in [-0.15, -0.1) is 0 Å². The molecule has 0 amide bonds. The summed E-state index contributed by atoms with van der Waals surface area (Å²) in [5.41, 5.74) is 0.788. The van der Waals surface area contributed by atoms with Crippen LogP contribution in [0.5, 0.6) is 0 Å². The Morgan fingerprint density at radius 2 is 2.00 bits per heavy atom. The van der Waals surface area contributed by atoms with Crippen LogP contribution < -0.4 is 10.0 Å². The molecule has 5 nitrogen and oxygen atoms in total. The summed E-state index contributed by atoms with van der Waals surface area (Å²) in [4.78, 5) is 2.61. The molecule has 0 radical (unpaired) electrons. The Hall–Kier alpha value is -0.950. The molecule has 21 heavy (non-hydrogen) atoms. The SMILES string of the molecule is CNCc1ccccc1S(=O)(=O)NCC(C)N(C)C1CC1. The molecule has 1 aliphatic carbocycles. The third-order valence-corrected chi connectivity index (χ3v) is 5.54. The van der Waals surface area contributed by atoms with Crippen LogP contribution in [-0.2, 0) is 16.6 Å². The van der Waals surface area contributed by atoms with Crippen LogP contribution in [0.1, 0.15) is 25.3 Å². The number of hydrogen-bond donors (Lipinski definition) is 2. The van der Waals surface area contributed by atoms with Gasteiger partial charge in [-0.1, -0.05) is 18.2 Å². The standard InChI is InChI=1S/C15H25N3O2S/c1-12(18(3)14-8-9-14)10-17-21(19,20)15-7-5-4-6-13(15)11-16-2/h4-7,12,14,16-17H,8-11H2,1-3H3. The molecule has 1 unspecified atom stereocenters. The van der Waals surface area contributed by atoms with E-state index in [0.717, 1.165) is 5.56 Å². The van der Waals surface area contributed by atoms with Crippen LogP contribution >= 0.6 is 0 Å². The Morgan fingerprint density at radius 3 is 2.62 bits per heavy atom. The smallest absolute Gasteiger partial charge is 0.240 e. The fourth-order valence-electron chi connectivity index (χ4n) is 2.40. The zero-order chi connectivity index (χ0) is 15.5. The number of benzene rings is 1. The van der Waals surface area contributed by atoms with Gasteiger partial charge in [-0.3, -0.25) is 4.90 Å². The van der Waals surface area contributed by atoms with Gasteiger partial charge in [0.1, 0.15) is 0 Å². The Bertz CT molecular complexity index is 570. The van der Waals surface area contributed by atoms with Gasteiger partial charge in [0.2, 0.25) is 10.0 Å². The maximum atomic E-state index is 12.5. The first-order valence-electron chi connectivity index (χ1n) is 7.40. The van der Waals surface area contributed by atoms with Crippen LogP contribution in [0.2, 0.25) is 0 Å². The van der Waals surface area contributed by atoms with E-state index in [1.165, 1.54) is 12.8 Å². The third kappa shape index (κ3) is 4.26. The molecule has 0 saturated heterocycles. The highest BCUT2D eigenvalue weighted by molar-refractivity contribution is 7.89. The van der Waals surface area contributed by atoms with Crippen molar-refractivity contribution < 1.29 is 8.42 Å². The van der Waals surface area contributed by atoms with Gasteiger partial charge >= 0.3 is 0 Å². The zero-order valence-electron chi connectivity index (χ0n) is 13.0. The van der Waals surface area contributed by atoms with Crippen molar-refractivity contribution in [3.05, 3.63) is 29.8 Å². The minimum atomic E-state index is -3.46. The molecule has 2 rings (SSSR count). The van der Waals surface area contributed by atoms with Crippen molar-refractivity contribution in [3.63, 3.8) is 0 Å². The summed E-state index contributed by atoms with van der Waals surface area (Å²) >= 11 is 0. The van der Waals surface area contributed by atoms with E-state index in [1.54, 1.807) is 12.1 Å². The second kappa shape index (κ2) is 6.87. The number of nitrogens with zero attached hydrogens (tertiary/aromatic N) is 1. The highest BCUT2D eigenvalue weighted by Gasteiger charge is 2.29. The number of nitrogens with one attached hydrogen (secondary N) is 2. The summed E-state index contributed by atoms with van der Waals surface area (Å²) in [5.74, 6) is 0. The summed E-state index contributed by atoms with van der Waals surface area (Å²) in [5, 5.41) is 3.00. The predicted octanol–water partition coefficient (Wildman–Crippen LogP) is 1.17. The molecule has 0 heterocycles. The monoisotopic (exact) mass is 311 g/mol. The lowest BCUT2D eigenvalue weighted by Gasteiger charge is -2.24. The quantitative estimate of drug-likeness (QED) is 0.756. The fraction of sp³-hybridized carbons (Fsp3) is 0.600. The molecule has 0 aliphatic heterocycles. The molecular weight excluding hydrogens is 286 g/mol. The number of sulfonamides is 1. The van der Waals surface area contributed by atoms with E-state index in [4.69, 9.17) is 0 Å². The van der Waals surface area contributed by atoms with E-state index in [1.807, 2.05) is 19.2 Å². The average molecular weight is 311 g/mol. The molecule has 1 fully saturated rings. The summed E-state index contributed by atoms with van der Waals surface area (Å²) in [6.45, 7) is 3.03. The lowest BCUT2D eigenvalue weighted by atomic mass is 10.2. The van der Waals surface area contributed by atoms with Crippen molar-refractivity contribution in [1.82, 2.24) is 14.9 Å². The van der Waals surface area contributed by atoms with Gasteiger partial charge in [-0.05, 0) is 45.5 Å². The van der Waals surface area contributed by atoms with Crippen LogP contribution in [0.25, 0.3) is 0 Å². The molecule has 0 spiro atoms. The highest BCUT2D eigenvalue weighted by atomic mass is 32.2. The molecule has 1 saturated carbocycles. The predicted molar refractivity (Wildman–Crippen MR) is 84.6 cm³/mol. The zero-order valence-corrected chi connectivity index (χ0v) is 13.8. The first kappa shape index (κ1) is 16.4. The number of likely N-dealkylation sites (N-methyl/N-ethyl adjacent to an activating group) is 1. The van der Waals surface area contributed by atoms with Gasteiger partial charge in [0.05, 0.1) is 4.90 Å². The van der Waals surface area contributed by atoms with E-state index in [0.29, 0.717) is 24.0 Å². The van der Waals surface area contributed by atoms with Gasteiger partial charge in [-0.2, -0.15) is 0 Å². The van der Waals surface area contributed by atoms with E-state index >= 15 is 0 Å². The Balaban J connectivity index is 2.04. The Labute approximate surface area is 127 Å². The highest BCUT2D eigenvalue weighted by Crippen LogP contribution is 2.26. The van der Waals surface area contributed by atoms with Crippen molar-refractivity contribution in [1.29, 1.82) is 0 Å². The largest absolute Gasteiger partial charge is 0.316 e. The Morgan fingerprint density at radius 1 is 1.33 bits per heavy atom. The average Bonchev–Trinajstić information content (AvgIpc) is 3.29. The van der Waals surface area contributed by atoms with Crippen LogP contribution in [0.4, 0.5) is 0 Å². The van der Waals surface area contributed by atoms with E-state index in [-0.39, 0.29) is 6.04 Å². The summed E-state index contributed by atoms with van der Waals surface area (Å²) in [6.07, 6.45) is 2.44. The third-order valence-electron chi connectivity index (χ3n) is 4.02. The number of hydrogen-bond acceptors (Lipinski definition) is 4. The molecule has 118 valence electrons. The topological polar surface area (TPSA) is 61.4 Å². The summed E-state index contributed by atoms with van der Waals surface area (Å²) < 4.78 is 27.7. The van der Waals surface area contributed by atoms with E-state index in [2.05, 4.69) is 28.9 Å². The summed E-state index contributed by atoms with van der Waals surface area (Å²) in [6, 6.07) is 7.93. The molecule has 2 N–H and O–H groups in total. The maximum absolute atomic E-state index is 12.5. The summed E-state index contributed by atoms with van der Waals surface area (Å²) in [7, 11) is 0.406. The molecule has 1 atom stereocenters. The maximum Gasteiger partial charge on any atom is 0.240 e. The second-order valence-electron chi connectivity index (χ2n) is 5.74. The fourth-order valence-corrected chi connectivity index (χ4v) is 3.76. The second-order valence-corrected chi connectivity index (χ2v) is 7.47. The van der Waals surface area contributed by atoms with Gasteiger partial charge < -0.3 is 5.32 Å². The molecule has 0 bridgehead atoms. The Kier molecular flexibility index (Phi) is 5.37. The lowest BCUT2D eigenvalue weighted by molar-refractivity contribution is 0.248. The van der Waals surface area contributed by atoms with E-state index in [9.17, 15) is 8.42 Å². The molecule has 1 aromatic carbocycles. The molecule has 1 aromatic rings. The number of rotatable bonds is 8. The minimum absolute atomic E-state index is 0.198. The normalized spacial score (nSPS) is 17.1. The molecule has 0 aromatic heterocycles. The van der Waals surface area contributed by atoms with Crippen LogP contribution in [-0.4, -0.2) is 46.0 Å². The van der Waals surface area contributed by atoms with Crippen molar-refractivity contribution in [2.45, 2.75) is 43.3 Å². The van der Waals surface area contributed by atoms with Crippen molar-refractivity contribution in [2.24, 2.45) is 0 Å². The molecule has 6 heteroatoms. The first-order valence-corrected chi connectivity index (χ1v) is 8.88. The lowest BCUT2D eigenvalue weighted by Crippen LogP contribution is -2.41.